The van der Waals surface area contributed by atoms with E-state index >= 15 is 0 Å². The number of nitrogens with two attached hydrogens (primary N) is 2. The van der Waals surface area contributed by atoms with Crippen molar-refractivity contribution < 1.29 is 14.3 Å². The van der Waals surface area contributed by atoms with Crippen LogP contribution in [0.2, 0.25) is 0 Å². The van der Waals surface area contributed by atoms with Gasteiger partial charge < -0.3 is 20.9 Å². The number of nitrogen functional groups attached to an aromatic ring is 1. The third-order valence-corrected chi connectivity index (χ3v) is 2.56. The molecule has 0 aliphatic rings. The molecule has 0 fully saturated rings. The van der Waals surface area contributed by atoms with Crippen molar-refractivity contribution in [1.82, 2.24) is 0 Å². The van der Waals surface area contributed by atoms with Gasteiger partial charge in [-0.15, -0.1) is 0 Å². The van der Waals surface area contributed by atoms with Gasteiger partial charge in [0.15, 0.2) is 11.5 Å². The van der Waals surface area contributed by atoms with Crippen molar-refractivity contribution >= 4 is 11.6 Å². The maximum absolute atomic E-state index is 11.3. The Bertz CT molecular complexity index is 611. The second-order valence-electron chi connectivity index (χ2n) is 3.87. The summed E-state index contributed by atoms with van der Waals surface area (Å²) >= 11 is 0. The molecule has 5 nitrogen and oxygen atoms in total. The Morgan fingerprint density at radius 3 is 2.37 bits per heavy atom. The summed E-state index contributed by atoms with van der Waals surface area (Å²) in [7, 11) is 1.54. The molecule has 0 heterocycles. The molecule has 2 aromatic rings. The van der Waals surface area contributed by atoms with Gasteiger partial charge in [0.25, 0.3) is 5.91 Å². The van der Waals surface area contributed by atoms with Crippen LogP contribution in [0.5, 0.6) is 17.2 Å². The summed E-state index contributed by atoms with van der Waals surface area (Å²) in [5.74, 6) is 0.764. The van der Waals surface area contributed by atoms with Gasteiger partial charge in [0.2, 0.25) is 0 Å². The summed E-state index contributed by atoms with van der Waals surface area (Å²) in [6.07, 6.45) is 0. The number of para-hydroxylation sites is 2. The monoisotopic (exact) mass is 258 g/mol. The molecule has 0 bridgehead atoms. The summed E-state index contributed by atoms with van der Waals surface area (Å²) in [5.41, 5.74) is 11.7. The molecule has 98 valence electrons. The average Bonchev–Trinajstić information content (AvgIpc) is 2.39. The highest BCUT2D eigenvalue weighted by Crippen LogP contribution is 2.33. The van der Waals surface area contributed by atoms with Crippen molar-refractivity contribution in [3.8, 4) is 17.2 Å². The quantitative estimate of drug-likeness (QED) is 0.823. The Morgan fingerprint density at radius 2 is 1.74 bits per heavy atom. The van der Waals surface area contributed by atoms with E-state index in [4.69, 9.17) is 20.9 Å². The molecule has 0 saturated heterocycles. The molecule has 19 heavy (non-hydrogen) atoms. The van der Waals surface area contributed by atoms with Gasteiger partial charge in [-0.2, -0.15) is 0 Å². The van der Waals surface area contributed by atoms with Gasteiger partial charge in [-0.3, -0.25) is 4.79 Å². The molecule has 2 rings (SSSR count). The molecule has 0 unspecified atom stereocenters. The molecule has 0 aliphatic carbocycles. The van der Waals surface area contributed by atoms with Crippen LogP contribution in [-0.4, -0.2) is 13.0 Å². The average molecular weight is 258 g/mol. The minimum Gasteiger partial charge on any atom is -0.493 e. The first kappa shape index (κ1) is 12.8. The lowest BCUT2D eigenvalue weighted by molar-refractivity contribution is 0.0998. The van der Waals surface area contributed by atoms with Crippen LogP contribution >= 0.6 is 0 Å². The first-order valence-corrected chi connectivity index (χ1v) is 5.62. The molecule has 1 amide bonds. The number of ether oxygens (including phenoxy) is 2. The summed E-state index contributed by atoms with van der Waals surface area (Å²) in [6, 6.07) is 11.8. The maximum Gasteiger partial charge on any atom is 0.252 e. The predicted molar refractivity (Wildman–Crippen MR) is 72.4 cm³/mol. The van der Waals surface area contributed by atoms with E-state index in [1.165, 1.54) is 13.2 Å². The predicted octanol–water partition coefficient (Wildman–Crippen LogP) is 2.17. The fraction of sp³-hybridized carbons (Fsp3) is 0.0714. The number of hydrogen-bond acceptors (Lipinski definition) is 4. The number of methoxy groups -OCH3 is 1. The first-order valence-electron chi connectivity index (χ1n) is 5.62. The molecule has 0 radical (unpaired) electrons. The lowest BCUT2D eigenvalue weighted by atomic mass is 10.1. The number of benzene rings is 2. The first-order chi connectivity index (χ1) is 9.11. The van der Waals surface area contributed by atoms with Crippen molar-refractivity contribution in [2.24, 2.45) is 5.73 Å². The summed E-state index contributed by atoms with van der Waals surface area (Å²) in [5, 5.41) is 0. The van der Waals surface area contributed by atoms with Gasteiger partial charge >= 0.3 is 0 Å². The normalized spacial score (nSPS) is 9.95. The Morgan fingerprint density at radius 1 is 1.05 bits per heavy atom. The van der Waals surface area contributed by atoms with Crippen molar-refractivity contribution in [1.29, 1.82) is 0 Å². The van der Waals surface area contributed by atoms with E-state index in [-0.39, 0.29) is 5.56 Å². The summed E-state index contributed by atoms with van der Waals surface area (Å²) < 4.78 is 10.8. The third kappa shape index (κ3) is 2.77. The van der Waals surface area contributed by atoms with Crippen LogP contribution < -0.4 is 20.9 Å². The van der Waals surface area contributed by atoms with E-state index in [0.29, 0.717) is 22.9 Å². The molecule has 0 aromatic heterocycles. The van der Waals surface area contributed by atoms with E-state index in [0.717, 1.165) is 0 Å². The Balaban J connectivity index is 2.42. The fourth-order valence-electron chi connectivity index (χ4n) is 1.65. The van der Waals surface area contributed by atoms with Crippen LogP contribution in [0.1, 0.15) is 10.4 Å². The minimum absolute atomic E-state index is 0.264. The van der Waals surface area contributed by atoms with Crippen molar-refractivity contribution in [3.05, 3.63) is 48.0 Å². The maximum atomic E-state index is 11.3. The van der Waals surface area contributed by atoms with E-state index in [9.17, 15) is 4.79 Å². The SMILES string of the molecule is COc1ccccc1Oc1cc(N)ccc1C(N)=O. The lowest BCUT2D eigenvalue weighted by Gasteiger charge is -2.12. The van der Waals surface area contributed by atoms with Crippen molar-refractivity contribution in [2.75, 3.05) is 12.8 Å². The Hall–Kier alpha value is -2.69. The van der Waals surface area contributed by atoms with Crippen LogP contribution in [-0.2, 0) is 0 Å². The van der Waals surface area contributed by atoms with E-state index in [1.807, 2.05) is 6.07 Å². The number of rotatable bonds is 4. The standard InChI is InChI=1S/C14H14N2O3/c1-18-11-4-2-3-5-12(11)19-13-8-9(15)6-7-10(13)14(16)17/h2-8H,15H2,1H3,(H2,16,17). The van der Waals surface area contributed by atoms with E-state index in [1.54, 1.807) is 30.3 Å². The van der Waals surface area contributed by atoms with Gasteiger partial charge in [0.1, 0.15) is 5.75 Å². The molecule has 0 aliphatic heterocycles. The third-order valence-electron chi connectivity index (χ3n) is 2.56. The summed E-state index contributed by atoms with van der Waals surface area (Å²) in [4.78, 5) is 11.3. The van der Waals surface area contributed by atoms with Crippen molar-refractivity contribution in [2.45, 2.75) is 0 Å². The number of amides is 1. The van der Waals surface area contributed by atoms with Gasteiger partial charge in [-0.25, -0.2) is 0 Å². The van der Waals surface area contributed by atoms with Gasteiger partial charge in [0, 0.05) is 11.8 Å². The van der Waals surface area contributed by atoms with Crippen LogP contribution in [0.4, 0.5) is 5.69 Å². The smallest absolute Gasteiger partial charge is 0.252 e. The summed E-state index contributed by atoms with van der Waals surface area (Å²) in [6.45, 7) is 0. The van der Waals surface area contributed by atoms with E-state index in [2.05, 4.69) is 0 Å². The van der Waals surface area contributed by atoms with Gasteiger partial charge in [-0.05, 0) is 24.3 Å². The van der Waals surface area contributed by atoms with Gasteiger partial charge in [0.05, 0.1) is 12.7 Å². The second kappa shape index (κ2) is 5.30. The van der Waals surface area contributed by atoms with Crippen LogP contribution in [0.15, 0.2) is 42.5 Å². The molecular weight excluding hydrogens is 244 g/mol. The number of primary amides is 1. The highest BCUT2D eigenvalue weighted by Gasteiger charge is 2.12. The molecular formula is C14H14N2O3. The largest absolute Gasteiger partial charge is 0.493 e. The molecule has 0 saturated carbocycles. The number of carbonyl (C=O) groups is 1. The topological polar surface area (TPSA) is 87.6 Å². The Kier molecular flexibility index (Phi) is 3.56. The zero-order chi connectivity index (χ0) is 13.8. The highest BCUT2D eigenvalue weighted by molar-refractivity contribution is 5.96. The van der Waals surface area contributed by atoms with Crippen LogP contribution in [0, 0.1) is 0 Å². The van der Waals surface area contributed by atoms with Crippen LogP contribution in [0.25, 0.3) is 0 Å². The number of hydrogen-bond donors (Lipinski definition) is 2. The fourth-order valence-corrected chi connectivity index (χ4v) is 1.65. The highest BCUT2D eigenvalue weighted by atomic mass is 16.5. The second-order valence-corrected chi connectivity index (χ2v) is 3.87. The lowest BCUT2D eigenvalue weighted by Crippen LogP contribution is -2.12. The zero-order valence-corrected chi connectivity index (χ0v) is 10.4. The molecule has 0 spiro atoms. The molecule has 4 N–H and O–H groups in total. The van der Waals surface area contributed by atoms with Crippen molar-refractivity contribution in [3.63, 3.8) is 0 Å². The molecule has 5 heteroatoms. The zero-order valence-electron chi connectivity index (χ0n) is 10.4. The van der Waals surface area contributed by atoms with Gasteiger partial charge in [-0.1, -0.05) is 12.1 Å². The van der Waals surface area contributed by atoms with Crippen LogP contribution in [0.3, 0.4) is 0 Å². The minimum atomic E-state index is -0.579. The number of carbonyl (C=O) groups excluding carboxylic acids is 1. The number of anilines is 1. The molecule has 0 atom stereocenters. The molecule has 2 aromatic carbocycles. The van der Waals surface area contributed by atoms with E-state index < -0.39 is 5.91 Å². The Labute approximate surface area is 110 Å².